The number of nitrogens with one attached hydrogen (secondary N) is 1. The summed E-state index contributed by atoms with van der Waals surface area (Å²) < 4.78 is 28.4. The molecule has 0 spiro atoms. The van der Waals surface area contributed by atoms with Crippen LogP contribution in [0.4, 0.5) is 11.4 Å². The van der Waals surface area contributed by atoms with Crippen LogP contribution in [-0.4, -0.2) is 46.5 Å². The van der Waals surface area contributed by atoms with Crippen molar-refractivity contribution < 1.29 is 8.42 Å². The van der Waals surface area contributed by atoms with E-state index in [0.717, 1.165) is 36.3 Å². The Kier molecular flexibility index (Phi) is 5.58. The van der Waals surface area contributed by atoms with Gasteiger partial charge in [0.25, 0.3) is 10.0 Å². The number of benzene rings is 2. The van der Waals surface area contributed by atoms with Crippen LogP contribution in [0.25, 0.3) is 0 Å². The van der Waals surface area contributed by atoms with Gasteiger partial charge in [0, 0.05) is 42.0 Å². The minimum absolute atomic E-state index is 0.0560. The van der Waals surface area contributed by atoms with E-state index in [2.05, 4.69) is 37.5 Å². The molecule has 0 aliphatic carbocycles. The van der Waals surface area contributed by atoms with E-state index in [4.69, 9.17) is 11.6 Å². The van der Waals surface area contributed by atoms with Crippen molar-refractivity contribution in [3.63, 3.8) is 0 Å². The smallest absolute Gasteiger partial charge is 0.263 e. The first-order valence-corrected chi connectivity index (χ1v) is 10.5. The maximum atomic E-state index is 12.5. The van der Waals surface area contributed by atoms with Gasteiger partial charge in [-0.25, -0.2) is 8.42 Å². The molecule has 0 radical (unpaired) electrons. The number of halogens is 2. The van der Waals surface area contributed by atoms with Crippen molar-refractivity contribution in [2.45, 2.75) is 4.90 Å². The molecule has 0 atom stereocenters. The molecule has 0 aromatic heterocycles. The molecular weight excluding hydrogens is 426 g/mol. The van der Waals surface area contributed by atoms with Gasteiger partial charge in [0.15, 0.2) is 0 Å². The van der Waals surface area contributed by atoms with Crippen molar-refractivity contribution in [2.75, 3.05) is 42.8 Å². The number of sulfonamides is 1. The average molecular weight is 445 g/mol. The van der Waals surface area contributed by atoms with E-state index >= 15 is 0 Å². The molecular formula is C17H19BrClN3O2S. The third-order valence-corrected chi connectivity index (χ3v) is 6.53. The zero-order valence-electron chi connectivity index (χ0n) is 13.7. The first-order valence-electron chi connectivity index (χ1n) is 7.86. The third-order valence-electron chi connectivity index (χ3n) is 4.17. The fraction of sp³-hybridized carbons (Fsp3) is 0.294. The van der Waals surface area contributed by atoms with Gasteiger partial charge in [0.05, 0.1) is 5.02 Å². The number of piperazine rings is 1. The van der Waals surface area contributed by atoms with Crippen molar-refractivity contribution in [3.8, 4) is 0 Å². The lowest BCUT2D eigenvalue weighted by Gasteiger charge is -2.34. The van der Waals surface area contributed by atoms with E-state index in [-0.39, 0.29) is 9.92 Å². The molecule has 0 unspecified atom stereocenters. The highest BCUT2D eigenvalue weighted by molar-refractivity contribution is 9.10. The highest BCUT2D eigenvalue weighted by Gasteiger charge is 2.19. The van der Waals surface area contributed by atoms with Crippen molar-refractivity contribution in [1.82, 2.24) is 4.90 Å². The van der Waals surface area contributed by atoms with E-state index in [1.54, 1.807) is 24.3 Å². The maximum absolute atomic E-state index is 12.5. The fourth-order valence-corrected chi connectivity index (χ4v) is 4.81. The molecule has 1 aliphatic rings. The van der Waals surface area contributed by atoms with Gasteiger partial charge >= 0.3 is 0 Å². The number of anilines is 2. The summed E-state index contributed by atoms with van der Waals surface area (Å²) in [7, 11) is -1.62. The summed E-state index contributed by atoms with van der Waals surface area (Å²) in [5, 5.41) is 0.177. The minimum atomic E-state index is -3.73. The topological polar surface area (TPSA) is 52.6 Å². The zero-order valence-corrected chi connectivity index (χ0v) is 16.9. The molecule has 0 amide bonds. The number of hydrogen-bond acceptors (Lipinski definition) is 4. The molecule has 1 fully saturated rings. The van der Waals surface area contributed by atoms with Gasteiger partial charge in [-0.3, -0.25) is 4.72 Å². The van der Waals surface area contributed by atoms with E-state index in [1.807, 2.05) is 12.1 Å². The maximum Gasteiger partial charge on any atom is 0.263 e. The summed E-state index contributed by atoms with van der Waals surface area (Å²) in [6, 6.07) is 12.1. The van der Waals surface area contributed by atoms with Gasteiger partial charge in [-0.2, -0.15) is 0 Å². The van der Waals surface area contributed by atoms with Crippen LogP contribution in [0.3, 0.4) is 0 Å². The largest absolute Gasteiger partial charge is 0.369 e. The molecule has 0 saturated carbocycles. The molecule has 25 heavy (non-hydrogen) atoms. The SMILES string of the molecule is CN1CCN(c2ccc(NS(=O)(=O)c3ccc(Br)cc3Cl)cc2)CC1. The second kappa shape index (κ2) is 7.53. The molecule has 1 N–H and O–H groups in total. The molecule has 3 rings (SSSR count). The Balaban J connectivity index is 1.74. The molecule has 5 nitrogen and oxygen atoms in total. The second-order valence-electron chi connectivity index (χ2n) is 6.02. The summed E-state index contributed by atoms with van der Waals surface area (Å²) >= 11 is 9.33. The van der Waals surface area contributed by atoms with E-state index in [1.165, 1.54) is 6.07 Å². The van der Waals surface area contributed by atoms with Crippen LogP contribution in [0, 0.1) is 0 Å². The van der Waals surface area contributed by atoms with Crippen molar-refractivity contribution in [1.29, 1.82) is 0 Å². The molecule has 2 aromatic carbocycles. The lowest BCUT2D eigenvalue weighted by Crippen LogP contribution is -2.44. The third kappa shape index (κ3) is 4.47. The van der Waals surface area contributed by atoms with Crippen LogP contribution in [-0.2, 0) is 10.0 Å². The Morgan fingerprint density at radius 3 is 2.28 bits per heavy atom. The zero-order chi connectivity index (χ0) is 18.0. The Labute approximate surface area is 161 Å². The van der Waals surface area contributed by atoms with Gasteiger partial charge < -0.3 is 9.80 Å². The summed E-state index contributed by atoms with van der Waals surface area (Å²) in [4.78, 5) is 4.64. The van der Waals surface area contributed by atoms with Crippen molar-refractivity contribution >= 4 is 48.9 Å². The monoisotopic (exact) mass is 443 g/mol. The fourth-order valence-electron chi connectivity index (χ4n) is 2.71. The first-order chi connectivity index (χ1) is 11.8. The number of hydrogen-bond donors (Lipinski definition) is 1. The first kappa shape index (κ1) is 18.5. The second-order valence-corrected chi connectivity index (χ2v) is 8.99. The van der Waals surface area contributed by atoms with Crippen molar-refractivity contribution in [3.05, 3.63) is 52.0 Å². The van der Waals surface area contributed by atoms with E-state index in [9.17, 15) is 8.42 Å². The normalized spacial score (nSPS) is 16.0. The van der Waals surface area contributed by atoms with Crippen LogP contribution in [0.2, 0.25) is 5.02 Å². The highest BCUT2D eigenvalue weighted by atomic mass is 79.9. The van der Waals surface area contributed by atoms with E-state index in [0.29, 0.717) is 5.69 Å². The summed E-state index contributed by atoms with van der Waals surface area (Å²) in [6.07, 6.45) is 0. The molecule has 8 heteroatoms. The Morgan fingerprint density at radius 2 is 1.68 bits per heavy atom. The van der Waals surface area contributed by atoms with Gasteiger partial charge in [0.1, 0.15) is 4.90 Å². The van der Waals surface area contributed by atoms with Crippen LogP contribution in [0.5, 0.6) is 0 Å². The molecule has 134 valence electrons. The van der Waals surface area contributed by atoms with Crippen LogP contribution < -0.4 is 9.62 Å². The van der Waals surface area contributed by atoms with Crippen molar-refractivity contribution in [2.24, 2.45) is 0 Å². The molecule has 1 aliphatic heterocycles. The van der Waals surface area contributed by atoms with Gasteiger partial charge in [-0.1, -0.05) is 27.5 Å². The van der Waals surface area contributed by atoms with Crippen LogP contribution >= 0.6 is 27.5 Å². The quantitative estimate of drug-likeness (QED) is 0.782. The van der Waals surface area contributed by atoms with Crippen LogP contribution in [0.1, 0.15) is 0 Å². The standard InChI is InChI=1S/C17H19BrClN3O2S/c1-21-8-10-22(11-9-21)15-5-3-14(4-6-15)20-25(23,24)17-7-2-13(18)12-16(17)19/h2-7,12,20H,8-11H2,1H3. The minimum Gasteiger partial charge on any atom is -0.369 e. The Morgan fingerprint density at radius 1 is 1.04 bits per heavy atom. The number of nitrogens with zero attached hydrogens (tertiary/aromatic N) is 2. The summed E-state index contributed by atoms with van der Waals surface area (Å²) in [5.41, 5.74) is 1.61. The summed E-state index contributed by atoms with van der Waals surface area (Å²) in [5.74, 6) is 0. The highest BCUT2D eigenvalue weighted by Crippen LogP contribution is 2.27. The predicted octanol–water partition coefficient (Wildman–Crippen LogP) is 3.66. The lowest BCUT2D eigenvalue weighted by atomic mass is 10.2. The Bertz CT molecular complexity index is 851. The molecule has 1 saturated heterocycles. The summed E-state index contributed by atoms with van der Waals surface area (Å²) in [6.45, 7) is 3.99. The van der Waals surface area contributed by atoms with Gasteiger partial charge in [-0.05, 0) is 49.5 Å². The molecule has 0 bridgehead atoms. The van der Waals surface area contributed by atoms with Gasteiger partial charge in [-0.15, -0.1) is 0 Å². The number of likely N-dealkylation sites (N-methyl/N-ethyl adjacent to an activating group) is 1. The van der Waals surface area contributed by atoms with Crippen LogP contribution in [0.15, 0.2) is 51.8 Å². The molecule has 1 heterocycles. The lowest BCUT2D eigenvalue weighted by molar-refractivity contribution is 0.313. The predicted molar refractivity (Wildman–Crippen MR) is 106 cm³/mol. The average Bonchev–Trinajstić information content (AvgIpc) is 2.55. The Hall–Kier alpha value is -1.28. The van der Waals surface area contributed by atoms with Gasteiger partial charge in [0.2, 0.25) is 0 Å². The van der Waals surface area contributed by atoms with E-state index < -0.39 is 10.0 Å². The molecule has 2 aromatic rings. The number of rotatable bonds is 4.